The summed E-state index contributed by atoms with van der Waals surface area (Å²) in [5.41, 5.74) is 0.959. The highest BCUT2D eigenvalue weighted by atomic mass is 35.5. The fraction of sp³-hybridized carbons (Fsp3) is 0.533. The van der Waals surface area contributed by atoms with Gasteiger partial charge in [0, 0.05) is 18.2 Å². The van der Waals surface area contributed by atoms with Crippen molar-refractivity contribution in [2.75, 3.05) is 6.61 Å². The number of ether oxygens (including phenoxy) is 2. The molecule has 0 saturated heterocycles. The molecule has 1 aliphatic rings. The Hall–Kier alpha value is -1.26. The Kier molecular flexibility index (Phi) is 5.26. The zero-order valence-electron chi connectivity index (χ0n) is 11.8. The van der Waals surface area contributed by atoms with Gasteiger partial charge in [0.25, 0.3) is 0 Å². The molecule has 5 heteroatoms. The fourth-order valence-corrected chi connectivity index (χ4v) is 2.09. The number of esters is 1. The Morgan fingerprint density at radius 3 is 2.90 bits per heavy atom. The maximum absolute atomic E-state index is 11.6. The molecule has 0 heterocycles. The molecule has 1 saturated carbocycles. The minimum absolute atomic E-state index is 0.338. The van der Waals surface area contributed by atoms with Gasteiger partial charge in [-0.3, -0.25) is 0 Å². The largest absolute Gasteiger partial charge is 0.477 e. The molecule has 20 heavy (non-hydrogen) atoms. The lowest BCUT2D eigenvalue weighted by molar-refractivity contribution is -0.150. The Bertz CT molecular complexity index is 474. The van der Waals surface area contributed by atoms with Crippen LogP contribution in [-0.4, -0.2) is 24.7 Å². The number of hydrogen-bond donors (Lipinski definition) is 1. The normalized spacial score (nSPS) is 15.8. The van der Waals surface area contributed by atoms with Gasteiger partial charge in [0.1, 0.15) is 5.75 Å². The lowest BCUT2D eigenvalue weighted by atomic mass is 10.2. The summed E-state index contributed by atoms with van der Waals surface area (Å²) >= 11 is 6.18. The quantitative estimate of drug-likeness (QED) is 0.786. The molecular weight excluding hydrogens is 278 g/mol. The Morgan fingerprint density at radius 2 is 2.25 bits per heavy atom. The molecule has 0 aliphatic heterocycles. The van der Waals surface area contributed by atoms with Crippen molar-refractivity contribution in [2.45, 2.75) is 45.4 Å². The van der Waals surface area contributed by atoms with E-state index in [0.717, 1.165) is 5.56 Å². The molecule has 0 bridgehead atoms. The van der Waals surface area contributed by atoms with E-state index in [-0.39, 0.29) is 5.97 Å². The average molecular weight is 298 g/mol. The lowest BCUT2D eigenvalue weighted by Crippen LogP contribution is -2.27. The van der Waals surface area contributed by atoms with Crippen LogP contribution in [0.1, 0.15) is 32.3 Å². The van der Waals surface area contributed by atoms with Gasteiger partial charge in [0.05, 0.1) is 11.6 Å². The number of benzene rings is 1. The van der Waals surface area contributed by atoms with Crippen LogP contribution in [0.3, 0.4) is 0 Å². The number of rotatable bonds is 7. The van der Waals surface area contributed by atoms with E-state index >= 15 is 0 Å². The zero-order valence-corrected chi connectivity index (χ0v) is 12.6. The second-order valence-corrected chi connectivity index (χ2v) is 5.30. The van der Waals surface area contributed by atoms with Crippen molar-refractivity contribution >= 4 is 17.6 Å². The number of nitrogens with one attached hydrogen (secondary N) is 1. The van der Waals surface area contributed by atoms with Gasteiger partial charge in [0.2, 0.25) is 0 Å². The third-order valence-electron chi connectivity index (χ3n) is 3.12. The summed E-state index contributed by atoms with van der Waals surface area (Å²) in [6.45, 7) is 4.46. The van der Waals surface area contributed by atoms with Crippen LogP contribution in [0.5, 0.6) is 5.75 Å². The van der Waals surface area contributed by atoms with Crippen molar-refractivity contribution in [3.8, 4) is 5.75 Å². The predicted molar refractivity (Wildman–Crippen MR) is 78.0 cm³/mol. The molecule has 110 valence electrons. The first-order valence-electron chi connectivity index (χ1n) is 6.96. The fourth-order valence-electron chi connectivity index (χ4n) is 1.85. The van der Waals surface area contributed by atoms with Crippen molar-refractivity contribution in [3.05, 3.63) is 28.8 Å². The van der Waals surface area contributed by atoms with Gasteiger partial charge >= 0.3 is 5.97 Å². The zero-order chi connectivity index (χ0) is 14.5. The maximum atomic E-state index is 11.6. The highest BCUT2D eigenvalue weighted by Crippen LogP contribution is 2.30. The van der Waals surface area contributed by atoms with E-state index in [1.165, 1.54) is 12.8 Å². The third kappa shape index (κ3) is 4.12. The maximum Gasteiger partial charge on any atom is 0.347 e. The first-order valence-corrected chi connectivity index (χ1v) is 7.33. The van der Waals surface area contributed by atoms with Crippen molar-refractivity contribution in [2.24, 2.45) is 0 Å². The first-order chi connectivity index (χ1) is 9.61. The van der Waals surface area contributed by atoms with E-state index in [1.54, 1.807) is 19.9 Å². The van der Waals surface area contributed by atoms with Gasteiger partial charge in [-0.05, 0) is 32.8 Å². The Labute approximate surface area is 124 Å². The van der Waals surface area contributed by atoms with E-state index in [4.69, 9.17) is 21.1 Å². The molecule has 0 radical (unpaired) electrons. The summed E-state index contributed by atoms with van der Waals surface area (Å²) < 4.78 is 10.6. The number of carbonyl (C=O) groups is 1. The molecule has 1 N–H and O–H groups in total. The van der Waals surface area contributed by atoms with E-state index < -0.39 is 6.10 Å². The SMILES string of the molecule is CCOC(=O)C(C)Oc1c(Cl)cccc1CNC1CC1. The highest BCUT2D eigenvalue weighted by Gasteiger charge is 2.22. The van der Waals surface area contributed by atoms with Crippen molar-refractivity contribution in [1.82, 2.24) is 5.32 Å². The van der Waals surface area contributed by atoms with E-state index in [1.807, 2.05) is 12.1 Å². The molecule has 1 aromatic carbocycles. The molecule has 1 unspecified atom stereocenters. The second-order valence-electron chi connectivity index (χ2n) is 4.90. The second kappa shape index (κ2) is 6.95. The molecular formula is C15H20ClNO3. The summed E-state index contributed by atoms with van der Waals surface area (Å²) in [4.78, 5) is 11.6. The predicted octanol–water partition coefficient (Wildman–Crippen LogP) is 2.92. The van der Waals surface area contributed by atoms with Crippen LogP contribution in [0, 0.1) is 0 Å². The van der Waals surface area contributed by atoms with E-state index in [2.05, 4.69) is 5.32 Å². The van der Waals surface area contributed by atoms with Gasteiger partial charge in [0.15, 0.2) is 6.10 Å². The minimum atomic E-state index is -0.672. The van der Waals surface area contributed by atoms with E-state index in [0.29, 0.717) is 30.0 Å². The van der Waals surface area contributed by atoms with Crippen LogP contribution < -0.4 is 10.1 Å². The smallest absolute Gasteiger partial charge is 0.347 e. The molecule has 0 spiro atoms. The molecule has 1 fully saturated rings. The molecule has 0 aromatic heterocycles. The molecule has 4 nitrogen and oxygen atoms in total. The summed E-state index contributed by atoms with van der Waals surface area (Å²) in [5.74, 6) is 0.177. The number of hydrogen-bond acceptors (Lipinski definition) is 4. The van der Waals surface area contributed by atoms with Crippen molar-refractivity contribution < 1.29 is 14.3 Å². The van der Waals surface area contributed by atoms with Gasteiger partial charge in [-0.1, -0.05) is 23.7 Å². The van der Waals surface area contributed by atoms with Gasteiger partial charge in [-0.15, -0.1) is 0 Å². The Balaban J connectivity index is 2.05. The molecule has 1 aromatic rings. The summed E-state index contributed by atoms with van der Waals surface area (Å²) in [6.07, 6.45) is 1.76. The summed E-state index contributed by atoms with van der Waals surface area (Å²) in [5, 5.41) is 3.92. The number of para-hydroxylation sites is 1. The van der Waals surface area contributed by atoms with Gasteiger partial charge in [-0.25, -0.2) is 4.79 Å². The molecule has 0 amide bonds. The van der Waals surface area contributed by atoms with Gasteiger partial charge in [-0.2, -0.15) is 0 Å². The highest BCUT2D eigenvalue weighted by molar-refractivity contribution is 6.32. The van der Waals surface area contributed by atoms with Crippen molar-refractivity contribution in [3.63, 3.8) is 0 Å². The van der Waals surface area contributed by atoms with Gasteiger partial charge < -0.3 is 14.8 Å². The average Bonchev–Trinajstić information content (AvgIpc) is 3.23. The monoisotopic (exact) mass is 297 g/mol. The number of carbonyl (C=O) groups excluding carboxylic acids is 1. The molecule has 2 rings (SSSR count). The van der Waals surface area contributed by atoms with Crippen LogP contribution in [0.15, 0.2) is 18.2 Å². The Morgan fingerprint density at radius 1 is 1.50 bits per heavy atom. The first kappa shape index (κ1) is 15.1. The lowest BCUT2D eigenvalue weighted by Gasteiger charge is -2.17. The standard InChI is InChI=1S/C15H20ClNO3/c1-3-19-15(18)10(2)20-14-11(5-4-6-13(14)16)9-17-12-7-8-12/h4-6,10,12,17H,3,7-9H2,1-2H3. The van der Waals surface area contributed by atoms with Crippen LogP contribution in [-0.2, 0) is 16.1 Å². The van der Waals surface area contributed by atoms with E-state index in [9.17, 15) is 4.79 Å². The molecule has 1 atom stereocenters. The summed E-state index contributed by atoms with van der Waals surface area (Å²) in [7, 11) is 0. The van der Waals surface area contributed by atoms with Crippen molar-refractivity contribution in [1.29, 1.82) is 0 Å². The van der Waals surface area contributed by atoms with Crippen LogP contribution >= 0.6 is 11.6 Å². The summed E-state index contributed by atoms with van der Waals surface area (Å²) in [6, 6.07) is 6.20. The third-order valence-corrected chi connectivity index (χ3v) is 3.42. The minimum Gasteiger partial charge on any atom is -0.477 e. The van der Waals surface area contributed by atoms with Crippen LogP contribution in [0.2, 0.25) is 5.02 Å². The number of halogens is 1. The van der Waals surface area contributed by atoms with Crippen LogP contribution in [0.25, 0.3) is 0 Å². The molecule has 1 aliphatic carbocycles. The van der Waals surface area contributed by atoms with Crippen LogP contribution in [0.4, 0.5) is 0 Å². The topological polar surface area (TPSA) is 47.6 Å².